The first-order chi connectivity index (χ1) is 8.48. The van der Waals surface area contributed by atoms with Crippen LogP contribution in [0.3, 0.4) is 0 Å². The maximum atomic E-state index is 6.39. The molecule has 1 aromatic carbocycles. The first-order valence-electron chi connectivity index (χ1n) is 6.48. The van der Waals surface area contributed by atoms with Crippen molar-refractivity contribution in [2.75, 3.05) is 14.2 Å². The number of methoxy groups -OCH3 is 2. The third kappa shape index (κ3) is 2.32. The second-order valence-corrected chi connectivity index (χ2v) is 5.84. The molecule has 0 radical (unpaired) electrons. The molecule has 0 saturated carbocycles. The Morgan fingerprint density at radius 2 is 1.78 bits per heavy atom. The zero-order valence-electron chi connectivity index (χ0n) is 11.7. The van der Waals surface area contributed by atoms with Gasteiger partial charge in [0.1, 0.15) is 11.5 Å². The van der Waals surface area contributed by atoms with Crippen molar-refractivity contribution in [1.82, 2.24) is 0 Å². The maximum Gasteiger partial charge on any atom is 0.124 e. The summed E-state index contributed by atoms with van der Waals surface area (Å²) in [6.07, 6.45) is 3.09. The Labute approximate surface area is 109 Å². The summed E-state index contributed by atoms with van der Waals surface area (Å²) in [7, 11) is 3.41. The van der Waals surface area contributed by atoms with Crippen LogP contribution in [0.15, 0.2) is 12.1 Å². The fourth-order valence-corrected chi connectivity index (χ4v) is 2.92. The van der Waals surface area contributed by atoms with Gasteiger partial charge in [0.2, 0.25) is 0 Å². The van der Waals surface area contributed by atoms with E-state index in [1.165, 1.54) is 5.56 Å². The number of rotatable bonds is 2. The molecule has 0 bridgehead atoms. The van der Waals surface area contributed by atoms with E-state index in [0.717, 1.165) is 36.3 Å². The largest absolute Gasteiger partial charge is 0.496 e. The van der Waals surface area contributed by atoms with E-state index in [-0.39, 0.29) is 11.5 Å². The zero-order valence-corrected chi connectivity index (χ0v) is 11.7. The highest BCUT2D eigenvalue weighted by atomic mass is 16.5. The van der Waals surface area contributed by atoms with Gasteiger partial charge >= 0.3 is 0 Å². The number of ether oxygens (including phenoxy) is 2. The minimum Gasteiger partial charge on any atom is -0.496 e. The summed E-state index contributed by atoms with van der Waals surface area (Å²) in [4.78, 5) is 0. The van der Waals surface area contributed by atoms with Gasteiger partial charge in [-0.05, 0) is 36.8 Å². The van der Waals surface area contributed by atoms with Gasteiger partial charge in [0.05, 0.1) is 14.2 Å². The predicted molar refractivity (Wildman–Crippen MR) is 73.2 cm³/mol. The monoisotopic (exact) mass is 249 g/mol. The third-order valence-electron chi connectivity index (χ3n) is 3.91. The van der Waals surface area contributed by atoms with Gasteiger partial charge in [-0.25, -0.2) is 0 Å². The lowest BCUT2D eigenvalue weighted by molar-refractivity contribution is 0.291. The van der Waals surface area contributed by atoms with Crippen LogP contribution >= 0.6 is 0 Å². The lowest BCUT2D eigenvalue weighted by atomic mass is 9.83. The molecule has 0 aromatic heterocycles. The summed E-state index contributed by atoms with van der Waals surface area (Å²) in [5, 5.41) is 0. The van der Waals surface area contributed by atoms with Crippen molar-refractivity contribution in [3.05, 3.63) is 23.3 Å². The van der Waals surface area contributed by atoms with Crippen LogP contribution < -0.4 is 15.2 Å². The van der Waals surface area contributed by atoms with Crippen LogP contribution in [-0.2, 0) is 6.42 Å². The van der Waals surface area contributed by atoms with Crippen molar-refractivity contribution in [3.63, 3.8) is 0 Å². The molecule has 0 spiro atoms. The van der Waals surface area contributed by atoms with E-state index in [4.69, 9.17) is 15.2 Å². The molecule has 0 aliphatic heterocycles. The van der Waals surface area contributed by atoms with Crippen LogP contribution in [0.4, 0.5) is 0 Å². The van der Waals surface area contributed by atoms with Crippen molar-refractivity contribution in [1.29, 1.82) is 0 Å². The highest BCUT2D eigenvalue weighted by molar-refractivity contribution is 5.51. The van der Waals surface area contributed by atoms with Gasteiger partial charge in [-0.1, -0.05) is 13.8 Å². The molecule has 2 N–H and O–H groups in total. The molecule has 18 heavy (non-hydrogen) atoms. The third-order valence-corrected chi connectivity index (χ3v) is 3.91. The van der Waals surface area contributed by atoms with Gasteiger partial charge in [-0.15, -0.1) is 0 Å². The number of benzene rings is 1. The number of nitrogens with two attached hydrogens (primary N) is 1. The normalized spacial score (nSPS) is 21.9. The summed E-state index contributed by atoms with van der Waals surface area (Å²) in [6.45, 7) is 4.55. The van der Waals surface area contributed by atoms with E-state index in [0.29, 0.717) is 0 Å². The Hall–Kier alpha value is -1.22. The van der Waals surface area contributed by atoms with Gasteiger partial charge in [0, 0.05) is 17.2 Å². The van der Waals surface area contributed by atoms with Crippen molar-refractivity contribution in [2.24, 2.45) is 11.1 Å². The molecule has 0 heterocycles. The number of hydrogen-bond acceptors (Lipinski definition) is 3. The first kappa shape index (κ1) is 13.2. The minimum absolute atomic E-state index is 0.0162. The number of hydrogen-bond donors (Lipinski definition) is 1. The second kappa shape index (κ2) is 4.81. The Balaban J connectivity index is 2.55. The van der Waals surface area contributed by atoms with Gasteiger partial charge in [0.15, 0.2) is 0 Å². The molecule has 1 aromatic rings. The SMILES string of the molecule is COc1ccc(OC)c2c1CCC(C)(C)CC2N. The summed E-state index contributed by atoms with van der Waals surface area (Å²) in [5.74, 6) is 1.81. The van der Waals surface area contributed by atoms with E-state index in [1.54, 1.807) is 14.2 Å². The lowest BCUT2D eigenvalue weighted by Crippen LogP contribution is -2.19. The molecule has 0 fully saturated rings. The van der Waals surface area contributed by atoms with Crippen LogP contribution in [0.25, 0.3) is 0 Å². The van der Waals surface area contributed by atoms with Crippen molar-refractivity contribution in [3.8, 4) is 11.5 Å². The van der Waals surface area contributed by atoms with E-state index in [9.17, 15) is 0 Å². The molecule has 3 nitrogen and oxygen atoms in total. The van der Waals surface area contributed by atoms with Gasteiger partial charge in [0.25, 0.3) is 0 Å². The first-order valence-corrected chi connectivity index (χ1v) is 6.48. The Morgan fingerprint density at radius 3 is 2.39 bits per heavy atom. The molecule has 0 saturated heterocycles. The molecule has 1 aliphatic rings. The van der Waals surface area contributed by atoms with Crippen molar-refractivity contribution in [2.45, 2.75) is 39.2 Å². The predicted octanol–water partition coefficient (Wildman–Crippen LogP) is 3.07. The van der Waals surface area contributed by atoms with Crippen LogP contribution in [0.2, 0.25) is 0 Å². The van der Waals surface area contributed by atoms with Crippen molar-refractivity contribution < 1.29 is 9.47 Å². The fraction of sp³-hybridized carbons (Fsp3) is 0.600. The topological polar surface area (TPSA) is 44.5 Å². The standard InChI is InChI=1S/C15H23NO2/c1-15(2)8-7-10-12(17-3)5-6-13(18-4)14(10)11(16)9-15/h5-6,11H,7-9,16H2,1-4H3. The average molecular weight is 249 g/mol. The summed E-state index contributed by atoms with van der Waals surface area (Å²) in [6, 6.07) is 3.95. The summed E-state index contributed by atoms with van der Waals surface area (Å²) < 4.78 is 10.9. The highest BCUT2D eigenvalue weighted by Crippen LogP contribution is 2.44. The van der Waals surface area contributed by atoms with Gasteiger partial charge in [-0.2, -0.15) is 0 Å². The van der Waals surface area contributed by atoms with Crippen LogP contribution in [0.1, 0.15) is 43.9 Å². The Bertz CT molecular complexity index is 440. The van der Waals surface area contributed by atoms with Crippen LogP contribution in [0, 0.1) is 5.41 Å². The van der Waals surface area contributed by atoms with E-state index in [2.05, 4.69) is 13.8 Å². The second-order valence-electron chi connectivity index (χ2n) is 5.84. The highest BCUT2D eigenvalue weighted by Gasteiger charge is 2.31. The molecule has 1 aliphatic carbocycles. The average Bonchev–Trinajstić information content (AvgIpc) is 2.45. The smallest absolute Gasteiger partial charge is 0.124 e. The van der Waals surface area contributed by atoms with Crippen molar-refractivity contribution >= 4 is 0 Å². The molecular formula is C15H23NO2. The lowest BCUT2D eigenvalue weighted by Gasteiger charge is -2.25. The molecule has 2 rings (SSSR count). The quantitative estimate of drug-likeness (QED) is 0.819. The molecule has 1 atom stereocenters. The molecular weight excluding hydrogens is 226 g/mol. The maximum absolute atomic E-state index is 6.39. The zero-order chi connectivity index (χ0) is 13.3. The fourth-order valence-electron chi connectivity index (χ4n) is 2.92. The van der Waals surface area contributed by atoms with Gasteiger partial charge in [-0.3, -0.25) is 0 Å². The molecule has 0 amide bonds. The van der Waals surface area contributed by atoms with E-state index >= 15 is 0 Å². The van der Waals surface area contributed by atoms with Crippen LogP contribution in [0.5, 0.6) is 11.5 Å². The molecule has 1 unspecified atom stereocenters. The summed E-state index contributed by atoms with van der Waals surface area (Å²) >= 11 is 0. The molecule has 100 valence electrons. The number of fused-ring (bicyclic) bond motifs is 1. The van der Waals surface area contributed by atoms with Gasteiger partial charge < -0.3 is 15.2 Å². The van der Waals surface area contributed by atoms with E-state index < -0.39 is 0 Å². The Morgan fingerprint density at radius 1 is 1.17 bits per heavy atom. The summed E-state index contributed by atoms with van der Waals surface area (Å²) in [5.41, 5.74) is 8.99. The van der Waals surface area contributed by atoms with E-state index in [1.807, 2.05) is 12.1 Å². The minimum atomic E-state index is 0.0162. The Kier molecular flexibility index (Phi) is 3.53. The molecule has 3 heteroatoms. The van der Waals surface area contributed by atoms with Crippen LogP contribution in [-0.4, -0.2) is 14.2 Å².